The Morgan fingerprint density at radius 1 is 1.21 bits per heavy atom. The molecule has 0 aliphatic carbocycles. The van der Waals surface area contributed by atoms with Gasteiger partial charge in [0.2, 0.25) is 0 Å². The first kappa shape index (κ1) is 15.4. The minimum atomic E-state index is -0.626. The van der Waals surface area contributed by atoms with Gasteiger partial charge in [0.15, 0.2) is 5.78 Å². The summed E-state index contributed by atoms with van der Waals surface area (Å²) in [7, 11) is 0. The molecule has 1 aromatic heterocycles. The third-order valence-electron chi connectivity index (χ3n) is 3.27. The van der Waals surface area contributed by atoms with E-state index in [0.29, 0.717) is 6.42 Å². The molecule has 1 rings (SSSR count). The second-order valence-corrected chi connectivity index (χ2v) is 4.83. The van der Waals surface area contributed by atoms with E-state index in [4.69, 9.17) is 5.26 Å². The van der Waals surface area contributed by atoms with Gasteiger partial charge in [-0.05, 0) is 24.1 Å². The van der Waals surface area contributed by atoms with Crippen LogP contribution in [0.15, 0.2) is 24.5 Å². The lowest BCUT2D eigenvalue weighted by atomic mass is 9.93. The summed E-state index contributed by atoms with van der Waals surface area (Å²) in [5, 5.41) is 9.13. The molecule has 0 aliphatic rings. The fraction of sp³-hybridized carbons (Fsp3) is 0.562. The van der Waals surface area contributed by atoms with E-state index in [1.807, 2.05) is 0 Å². The normalized spacial score (nSPS) is 11.8. The molecule has 1 aromatic rings. The van der Waals surface area contributed by atoms with Gasteiger partial charge in [0.05, 0.1) is 6.07 Å². The van der Waals surface area contributed by atoms with Crippen LogP contribution in [0.3, 0.4) is 0 Å². The molecule has 3 heteroatoms. The van der Waals surface area contributed by atoms with E-state index >= 15 is 0 Å². The fourth-order valence-corrected chi connectivity index (χ4v) is 2.11. The van der Waals surface area contributed by atoms with E-state index in [9.17, 15) is 4.79 Å². The molecule has 0 N–H and O–H groups in total. The number of carbonyl (C=O) groups excluding carboxylic acids is 1. The van der Waals surface area contributed by atoms with Crippen molar-refractivity contribution in [2.45, 2.75) is 57.8 Å². The van der Waals surface area contributed by atoms with Crippen LogP contribution in [-0.2, 0) is 4.79 Å². The van der Waals surface area contributed by atoms with Gasteiger partial charge in [0, 0.05) is 18.8 Å². The van der Waals surface area contributed by atoms with E-state index in [2.05, 4.69) is 18.0 Å². The molecule has 19 heavy (non-hydrogen) atoms. The number of hydrogen-bond donors (Lipinski definition) is 0. The molecule has 0 fully saturated rings. The fourth-order valence-electron chi connectivity index (χ4n) is 2.11. The quantitative estimate of drug-likeness (QED) is 0.629. The van der Waals surface area contributed by atoms with Crippen molar-refractivity contribution in [3.8, 4) is 6.07 Å². The zero-order valence-electron chi connectivity index (χ0n) is 11.6. The van der Waals surface area contributed by atoms with Crippen LogP contribution in [0.5, 0.6) is 0 Å². The molecule has 0 aliphatic heterocycles. The summed E-state index contributed by atoms with van der Waals surface area (Å²) in [5.74, 6) is -0.595. The van der Waals surface area contributed by atoms with Gasteiger partial charge in [-0.3, -0.25) is 9.78 Å². The Bertz CT molecular complexity index is 409. The maximum atomic E-state index is 12.0. The number of aromatic nitrogens is 1. The summed E-state index contributed by atoms with van der Waals surface area (Å²) in [6, 6.07) is 5.59. The van der Waals surface area contributed by atoms with Crippen molar-refractivity contribution in [3.63, 3.8) is 0 Å². The lowest BCUT2D eigenvalue weighted by molar-refractivity contribution is -0.119. The van der Waals surface area contributed by atoms with Crippen LogP contribution in [0.2, 0.25) is 0 Å². The highest BCUT2D eigenvalue weighted by Crippen LogP contribution is 2.18. The van der Waals surface area contributed by atoms with Crippen LogP contribution in [-0.4, -0.2) is 10.8 Å². The zero-order chi connectivity index (χ0) is 13.9. The first-order valence-electron chi connectivity index (χ1n) is 7.11. The number of unbranched alkanes of at least 4 members (excludes halogenated alkanes) is 5. The number of carbonyl (C=O) groups is 1. The Balaban J connectivity index is 2.34. The maximum Gasteiger partial charge on any atom is 0.154 e. The molecule has 0 aromatic carbocycles. The molecule has 3 nitrogen and oxygen atoms in total. The Morgan fingerprint density at radius 3 is 2.47 bits per heavy atom. The largest absolute Gasteiger partial charge is 0.298 e. The highest BCUT2D eigenvalue weighted by molar-refractivity contribution is 5.88. The second kappa shape index (κ2) is 9.27. The molecule has 0 amide bonds. The summed E-state index contributed by atoms with van der Waals surface area (Å²) in [5.41, 5.74) is 0.758. The Hall–Kier alpha value is -1.69. The van der Waals surface area contributed by atoms with Crippen LogP contribution in [0.25, 0.3) is 0 Å². The predicted octanol–water partition coefficient (Wildman–Crippen LogP) is 4.01. The summed E-state index contributed by atoms with van der Waals surface area (Å²) in [6.07, 6.45) is 10.7. The lowest BCUT2D eigenvalue weighted by Crippen LogP contribution is -2.10. The van der Waals surface area contributed by atoms with Gasteiger partial charge in [-0.25, -0.2) is 0 Å². The lowest BCUT2D eigenvalue weighted by Gasteiger charge is -2.08. The molecule has 0 radical (unpaired) electrons. The number of ketones is 1. The topological polar surface area (TPSA) is 53.8 Å². The summed E-state index contributed by atoms with van der Waals surface area (Å²) in [4.78, 5) is 15.9. The predicted molar refractivity (Wildman–Crippen MR) is 75.6 cm³/mol. The van der Waals surface area contributed by atoms with E-state index in [1.165, 1.54) is 25.7 Å². The summed E-state index contributed by atoms with van der Waals surface area (Å²) in [6.45, 7) is 2.19. The molecular formula is C16H22N2O. The maximum absolute atomic E-state index is 12.0. The first-order chi connectivity index (χ1) is 9.29. The van der Waals surface area contributed by atoms with Crippen LogP contribution in [0.1, 0.15) is 63.4 Å². The van der Waals surface area contributed by atoms with Gasteiger partial charge in [-0.2, -0.15) is 5.26 Å². The summed E-state index contributed by atoms with van der Waals surface area (Å²) < 4.78 is 0. The number of hydrogen-bond acceptors (Lipinski definition) is 3. The van der Waals surface area contributed by atoms with Gasteiger partial charge in [-0.15, -0.1) is 0 Å². The zero-order valence-corrected chi connectivity index (χ0v) is 11.6. The highest BCUT2D eigenvalue weighted by Gasteiger charge is 2.18. The molecule has 1 atom stereocenters. The van der Waals surface area contributed by atoms with Crippen molar-refractivity contribution in [2.75, 3.05) is 0 Å². The SMILES string of the molecule is CCCCCCCCC(=O)C(C#N)c1ccncc1. The third-order valence-corrected chi connectivity index (χ3v) is 3.27. The molecule has 0 saturated carbocycles. The number of nitrogens with zero attached hydrogens (tertiary/aromatic N) is 2. The Labute approximate surface area is 115 Å². The minimum absolute atomic E-state index is 0.0317. The second-order valence-electron chi connectivity index (χ2n) is 4.83. The van der Waals surface area contributed by atoms with Crippen molar-refractivity contribution in [1.82, 2.24) is 4.98 Å². The van der Waals surface area contributed by atoms with Crippen molar-refractivity contribution in [3.05, 3.63) is 30.1 Å². The van der Waals surface area contributed by atoms with E-state index < -0.39 is 5.92 Å². The molecule has 0 spiro atoms. The average Bonchev–Trinajstić information content (AvgIpc) is 2.45. The molecule has 0 bridgehead atoms. The van der Waals surface area contributed by atoms with Crippen LogP contribution >= 0.6 is 0 Å². The van der Waals surface area contributed by atoms with E-state index in [-0.39, 0.29) is 5.78 Å². The van der Waals surface area contributed by atoms with Crippen molar-refractivity contribution in [2.24, 2.45) is 0 Å². The molecule has 1 heterocycles. The Morgan fingerprint density at radius 2 is 1.84 bits per heavy atom. The smallest absolute Gasteiger partial charge is 0.154 e. The van der Waals surface area contributed by atoms with Gasteiger partial charge in [0.1, 0.15) is 5.92 Å². The van der Waals surface area contributed by atoms with Crippen LogP contribution in [0.4, 0.5) is 0 Å². The molecule has 102 valence electrons. The van der Waals surface area contributed by atoms with Crippen LogP contribution < -0.4 is 0 Å². The third kappa shape index (κ3) is 5.65. The van der Waals surface area contributed by atoms with Gasteiger partial charge >= 0.3 is 0 Å². The number of Topliss-reactive ketones (excluding diaryl/α,β-unsaturated/α-hetero) is 1. The van der Waals surface area contributed by atoms with Crippen LogP contribution in [0, 0.1) is 11.3 Å². The van der Waals surface area contributed by atoms with Crippen molar-refractivity contribution in [1.29, 1.82) is 5.26 Å². The Kier molecular flexibility index (Phi) is 7.50. The average molecular weight is 258 g/mol. The van der Waals surface area contributed by atoms with Crippen molar-refractivity contribution < 1.29 is 4.79 Å². The minimum Gasteiger partial charge on any atom is -0.298 e. The number of pyridine rings is 1. The van der Waals surface area contributed by atoms with E-state index in [1.54, 1.807) is 24.5 Å². The first-order valence-corrected chi connectivity index (χ1v) is 7.11. The number of nitriles is 1. The number of rotatable bonds is 9. The van der Waals surface area contributed by atoms with Gasteiger partial charge < -0.3 is 0 Å². The molecule has 0 saturated heterocycles. The monoisotopic (exact) mass is 258 g/mol. The highest BCUT2D eigenvalue weighted by atomic mass is 16.1. The van der Waals surface area contributed by atoms with Gasteiger partial charge in [-0.1, -0.05) is 39.0 Å². The van der Waals surface area contributed by atoms with Crippen molar-refractivity contribution >= 4 is 5.78 Å². The van der Waals surface area contributed by atoms with Gasteiger partial charge in [0.25, 0.3) is 0 Å². The standard InChI is InChI=1S/C16H22N2O/c1-2-3-4-5-6-7-8-16(19)15(13-17)14-9-11-18-12-10-14/h9-12,15H,2-8H2,1H3. The van der Waals surface area contributed by atoms with E-state index in [0.717, 1.165) is 18.4 Å². The molecule has 1 unspecified atom stereocenters. The molecular weight excluding hydrogens is 236 g/mol. The summed E-state index contributed by atoms with van der Waals surface area (Å²) >= 11 is 0.